The van der Waals surface area contributed by atoms with Crippen molar-refractivity contribution >= 4 is 17.5 Å². The molecule has 6 heteroatoms. The van der Waals surface area contributed by atoms with E-state index in [4.69, 9.17) is 4.74 Å². The van der Waals surface area contributed by atoms with Gasteiger partial charge in [-0.2, -0.15) is 0 Å². The van der Waals surface area contributed by atoms with Crippen LogP contribution in [-0.4, -0.2) is 36.0 Å². The van der Waals surface area contributed by atoms with Gasteiger partial charge in [0.25, 0.3) is 0 Å². The first-order valence-electron chi connectivity index (χ1n) is 8.01. The molecule has 24 heavy (non-hydrogen) atoms. The zero-order valence-electron chi connectivity index (χ0n) is 14.7. The van der Waals surface area contributed by atoms with Crippen molar-refractivity contribution in [2.45, 2.75) is 39.2 Å². The number of carbonyl (C=O) groups is 2. The van der Waals surface area contributed by atoms with Crippen LogP contribution in [0.25, 0.3) is 5.70 Å². The maximum Gasteiger partial charge on any atom is 0.244 e. The molecule has 1 aromatic carbocycles. The van der Waals surface area contributed by atoms with Crippen molar-refractivity contribution in [2.24, 2.45) is 0 Å². The van der Waals surface area contributed by atoms with E-state index >= 15 is 0 Å². The number of rotatable bonds is 5. The van der Waals surface area contributed by atoms with Gasteiger partial charge in [0, 0.05) is 18.4 Å². The summed E-state index contributed by atoms with van der Waals surface area (Å²) in [7, 11) is 1.62. The summed E-state index contributed by atoms with van der Waals surface area (Å²) in [4.78, 5) is 24.0. The summed E-state index contributed by atoms with van der Waals surface area (Å²) in [5.74, 6) is 0.662. The van der Waals surface area contributed by atoms with Crippen molar-refractivity contribution in [1.82, 2.24) is 15.8 Å². The van der Waals surface area contributed by atoms with Crippen molar-refractivity contribution < 1.29 is 14.3 Å². The second kappa shape index (κ2) is 7.38. The van der Waals surface area contributed by atoms with Crippen LogP contribution in [0.1, 0.15) is 39.2 Å². The fourth-order valence-corrected chi connectivity index (χ4v) is 2.38. The number of methoxy groups -OCH3 is 1. The first kappa shape index (κ1) is 17.8. The molecule has 0 fully saturated rings. The van der Waals surface area contributed by atoms with E-state index in [0.29, 0.717) is 13.0 Å². The molecule has 1 aliphatic heterocycles. The first-order valence-corrected chi connectivity index (χ1v) is 8.01. The summed E-state index contributed by atoms with van der Waals surface area (Å²) in [6, 6.07) is 7.60. The van der Waals surface area contributed by atoms with Crippen molar-refractivity contribution in [2.75, 3.05) is 13.7 Å². The Balaban J connectivity index is 1.96. The SMILES string of the molecule is COc1ccc(C2=CCC(=O)N(CCC(=O)NC(C)(C)C)N2)cc1. The van der Waals surface area contributed by atoms with E-state index in [9.17, 15) is 9.59 Å². The van der Waals surface area contributed by atoms with Crippen LogP contribution in [-0.2, 0) is 9.59 Å². The Hall–Kier alpha value is -2.50. The molecule has 0 unspecified atom stereocenters. The quantitative estimate of drug-likeness (QED) is 0.867. The summed E-state index contributed by atoms with van der Waals surface area (Å²) in [5, 5.41) is 4.40. The molecule has 0 spiro atoms. The average molecular weight is 331 g/mol. The van der Waals surface area contributed by atoms with Gasteiger partial charge in [-0.15, -0.1) is 0 Å². The van der Waals surface area contributed by atoms with E-state index in [1.165, 1.54) is 5.01 Å². The molecule has 2 amide bonds. The Kier molecular flexibility index (Phi) is 5.49. The number of ether oxygens (including phenoxy) is 1. The lowest BCUT2D eigenvalue weighted by atomic mass is 10.1. The van der Waals surface area contributed by atoms with Gasteiger partial charge in [-0.25, -0.2) is 0 Å². The molecule has 0 radical (unpaired) electrons. The van der Waals surface area contributed by atoms with Crippen LogP contribution in [0.4, 0.5) is 0 Å². The Morgan fingerprint density at radius 1 is 1.29 bits per heavy atom. The fraction of sp³-hybridized carbons (Fsp3) is 0.444. The lowest BCUT2D eigenvalue weighted by molar-refractivity contribution is -0.133. The second-order valence-electron chi connectivity index (χ2n) is 6.76. The monoisotopic (exact) mass is 331 g/mol. The van der Waals surface area contributed by atoms with Gasteiger partial charge in [-0.05, 0) is 56.7 Å². The Morgan fingerprint density at radius 3 is 2.54 bits per heavy atom. The van der Waals surface area contributed by atoms with E-state index in [2.05, 4.69) is 10.7 Å². The van der Waals surface area contributed by atoms with Crippen LogP contribution in [0.2, 0.25) is 0 Å². The zero-order valence-corrected chi connectivity index (χ0v) is 14.7. The molecule has 1 aromatic rings. The van der Waals surface area contributed by atoms with Gasteiger partial charge < -0.3 is 10.1 Å². The number of nitrogens with one attached hydrogen (secondary N) is 2. The van der Waals surface area contributed by atoms with Gasteiger partial charge in [0.2, 0.25) is 11.8 Å². The maximum atomic E-state index is 12.0. The number of hydrazine groups is 1. The van der Waals surface area contributed by atoms with Gasteiger partial charge >= 0.3 is 0 Å². The molecule has 0 aromatic heterocycles. The topological polar surface area (TPSA) is 70.7 Å². The van der Waals surface area contributed by atoms with E-state index < -0.39 is 0 Å². The number of carbonyl (C=O) groups excluding carboxylic acids is 2. The largest absolute Gasteiger partial charge is 0.497 e. The third-order valence-electron chi connectivity index (χ3n) is 3.52. The molecule has 1 aliphatic rings. The number of hydrogen-bond acceptors (Lipinski definition) is 4. The van der Waals surface area contributed by atoms with Crippen LogP contribution in [0.15, 0.2) is 30.3 Å². The number of nitrogens with zero attached hydrogens (tertiary/aromatic N) is 1. The molecular weight excluding hydrogens is 306 g/mol. The molecule has 2 rings (SSSR count). The highest BCUT2D eigenvalue weighted by Crippen LogP contribution is 2.20. The van der Waals surface area contributed by atoms with Crippen molar-refractivity contribution in [3.63, 3.8) is 0 Å². The Labute approximate surface area is 142 Å². The lowest BCUT2D eigenvalue weighted by Gasteiger charge is -2.30. The molecule has 2 N–H and O–H groups in total. The van der Waals surface area contributed by atoms with Gasteiger partial charge in [-0.3, -0.25) is 20.0 Å². The minimum absolute atomic E-state index is 0.0455. The van der Waals surface area contributed by atoms with Crippen LogP contribution in [0.5, 0.6) is 5.75 Å². The minimum Gasteiger partial charge on any atom is -0.497 e. The van der Waals surface area contributed by atoms with Crippen LogP contribution >= 0.6 is 0 Å². The van der Waals surface area contributed by atoms with Crippen molar-refractivity contribution in [3.05, 3.63) is 35.9 Å². The van der Waals surface area contributed by atoms with Gasteiger partial charge in [0.05, 0.1) is 19.4 Å². The maximum absolute atomic E-state index is 12.0. The van der Waals surface area contributed by atoms with Crippen LogP contribution in [0, 0.1) is 0 Å². The van der Waals surface area contributed by atoms with E-state index in [-0.39, 0.29) is 23.8 Å². The average Bonchev–Trinajstić information content (AvgIpc) is 2.52. The summed E-state index contributed by atoms with van der Waals surface area (Å²) >= 11 is 0. The number of amides is 2. The molecule has 0 atom stereocenters. The Bertz CT molecular complexity index is 630. The first-order chi connectivity index (χ1) is 11.3. The third kappa shape index (κ3) is 5.01. The summed E-state index contributed by atoms with van der Waals surface area (Å²) in [6.07, 6.45) is 2.43. The summed E-state index contributed by atoms with van der Waals surface area (Å²) in [6.45, 7) is 6.12. The normalized spacial score (nSPS) is 14.8. The highest BCUT2D eigenvalue weighted by atomic mass is 16.5. The highest BCUT2D eigenvalue weighted by Gasteiger charge is 2.21. The van der Waals surface area contributed by atoms with Crippen molar-refractivity contribution in [3.8, 4) is 5.75 Å². The Morgan fingerprint density at radius 2 is 1.96 bits per heavy atom. The molecule has 0 aliphatic carbocycles. The number of hydrogen-bond donors (Lipinski definition) is 2. The van der Waals surface area contributed by atoms with Crippen LogP contribution in [0.3, 0.4) is 0 Å². The fourth-order valence-electron chi connectivity index (χ4n) is 2.38. The van der Waals surface area contributed by atoms with Crippen LogP contribution < -0.4 is 15.5 Å². The van der Waals surface area contributed by atoms with E-state index in [0.717, 1.165) is 17.0 Å². The van der Waals surface area contributed by atoms with Gasteiger partial charge in [0.1, 0.15) is 5.75 Å². The smallest absolute Gasteiger partial charge is 0.244 e. The molecule has 0 saturated carbocycles. The highest BCUT2D eigenvalue weighted by molar-refractivity contribution is 5.84. The number of benzene rings is 1. The molecule has 1 heterocycles. The standard InChI is InChI=1S/C18H25N3O3/c1-18(2,3)19-16(22)11-12-21-17(23)10-9-15(20-21)13-5-7-14(24-4)8-6-13/h5-9,20H,10-12H2,1-4H3,(H,19,22). The molecular formula is C18H25N3O3. The van der Waals surface area contributed by atoms with Crippen molar-refractivity contribution in [1.29, 1.82) is 0 Å². The minimum atomic E-state index is -0.273. The predicted octanol–water partition coefficient (Wildman–Crippen LogP) is 2.08. The third-order valence-corrected chi connectivity index (χ3v) is 3.52. The summed E-state index contributed by atoms with van der Waals surface area (Å²) in [5.41, 5.74) is 4.65. The predicted molar refractivity (Wildman–Crippen MR) is 92.9 cm³/mol. The van der Waals surface area contributed by atoms with Gasteiger partial charge in [0.15, 0.2) is 0 Å². The molecule has 6 nitrogen and oxygen atoms in total. The van der Waals surface area contributed by atoms with Gasteiger partial charge in [-0.1, -0.05) is 0 Å². The van der Waals surface area contributed by atoms with E-state index in [1.807, 2.05) is 51.1 Å². The zero-order chi connectivity index (χ0) is 17.7. The summed E-state index contributed by atoms with van der Waals surface area (Å²) < 4.78 is 5.15. The van der Waals surface area contributed by atoms with E-state index in [1.54, 1.807) is 7.11 Å². The molecule has 0 saturated heterocycles. The molecule has 0 bridgehead atoms. The molecule has 130 valence electrons. The lowest BCUT2D eigenvalue weighted by Crippen LogP contribution is -2.47. The second-order valence-corrected chi connectivity index (χ2v) is 6.76.